The highest BCUT2D eigenvalue weighted by Crippen LogP contribution is 2.21. The zero-order chi connectivity index (χ0) is 13.9. The first-order valence-corrected chi connectivity index (χ1v) is 6.74. The lowest BCUT2D eigenvalue weighted by Crippen LogP contribution is -2.19. The van der Waals surface area contributed by atoms with E-state index in [9.17, 15) is 10.1 Å². The number of nitrogens with one attached hydrogen (secondary N) is 2. The summed E-state index contributed by atoms with van der Waals surface area (Å²) in [6, 6.07) is 7.18. The van der Waals surface area contributed by atoms with Crippen LogP contribution in [0, 0.1) is 10.1 Å². The Labute approximate surface area is 116 Å². The van der Waals surface area contributed by atoms with Crippen molar-refractivity contribution in [1.29, 1.82) is 0 Å². The predicted molar refractivity (Wildman–Crippen MR) is 75.4 cm³/mol. The van der Waals surface area contributed by atoms with E-state index in [1.54, 1.807) is 18.3 Å². The standard InChI is InChI=1S/C14H16N4O2/c19-18(20)12-5-1-10(2-6-12)13-9-16-14(17-13)7-8-15-11-3-4-11/h1-2,5-6,9,11,15H,3-4,7-8H2,(H,16,17). The Bertz CT molecular complexity index is 602. The molecule has 0 spiro atoms. The summed E-state index contributed by atoms with van der Waals surface area (Å²) in [6.45, 7) is 0.928. The molecule has 1 aromatic carbocycles. The topological polar surface area (TPSA) is 83.8 Å². The third-order valence-electron chi connectivity index (χ3n) is 3.39. The summed E-state index contributed by atoms with van der Waals surface area (Å²) < 4.78 is 0. The van der Waals surface area contributed by atoms with Gasteiger partial charge >= 0.3 is 0 Å². The van der Waals surface area contributed by atoms with E-state index in [2.05, 4.69) is 15.3 Å². The first kappa shape index (κ1) is 12.8. The van der Waals surface area contributed by atoms with Crippen LogP contribution in [0.2, 0.25) is 0 Å². The molecule has 1 saturated carbocycles. The van der Waals surface area contributed by atoms with Gasteiger partial charge in [-0.2, -0.15) is 0 Å². The van der Waals surface area contributed by atoms with Crippen molar-refractivity contribution in [3.8, 4) is 11.3 Å². The number of nitrogens with zero attached hydrogens (tertiary/aromatic N) is 2. The number of aromatic nitrogens is 2. The molecule has 0 atom stereocenters. The summed E-state index contributed by atoms with van der Waals surface area (Å²) in [5, 5.41) is 14.0. The molecule has 1 aliphatic rings. The van der Waals surface area contributed by atoms with Crippen LogP contribution in [0.4, 0.5) is 5.69 Å². The van der Waals surface area contributed by atoms with Gasteiger partial charge in [0.15, 0.2) is 0 Å². The van der Waals surface area contributed by atoms with E-state index in [1.165, 1.54) is 25.0 Å². The number of nitro benzene ring substituents is 1. The number of nitro groups is 1. The Morgan fingerprint density at radius 3 is 2.75 bits per heavy atom. The van der Waals surface area contributed by atoms with Crippen LogP contribution in [-0.2, 0) is 6.42 Å². The second-order valence-corrected chi connectivity index (χ2v) is 5.03. The molecule has 0 amide bonds. The Morgan fingerprint density at radius 1 is 1.35 bits per heavy atom. The van der Waals surface area contributed by atoms with E-state index in [-0.39, 0.29) is 5.69 Å². The number of H-pyrrole nitrogens is 1. The minimum Gasteiger partial charge on any atom is -0.342 e. The van der Waals surface area contributed by atoms with Gasteiger partial charge in [-0.05, 0) is 25.0 Å². The summed E-state index contributed by atoms with van der Waals surface area (Å²) in [7, 11) is 0. The number of imidazole rings is 1. The van der Waals surface area contributed by atoms with E-state index >= 15 is 0 Å². The zero-order valence-corrected chi connectivity index (χ0v) is 11.0. The molecule has 0 saturated heterocycles. The average Bonchev–Trinajstić information content (AvgIpc) is 3.15. The SMILES string of the molecule is O=[N+]([O-])c1ccc(-c2cnc(CCNC3CC3)[nH]2)cc1. The maximum Gasteiger partial charge on any atom is 0.269 e. The maximum absolute atomic E-state index is 10.6. The maximum atomic E-state index is 10.6. The monoisotopic (exact) mass is 272 g/mol. The molecular formula is C14H16N4O2. The van der Waals surface area contributed by atoms with Crippen molar-refractivity contribution in [2.75, 3.05) is 6.54 Å². The first-order chi connectivity index (χ1) is 9.72. The first-order valence-electron chi connectivity index (χ1n) is 6.74. The lowest BCUT2D eigenvalue weighted by molar-refractivity contribution is -0.384. The van der Waals surface area contributed by atoms with Gasteiger partial charge in [-0.3, -0.25) is 10.1 Å². The molecule has 6 heteroatoms. The van der Waals surface area contributed by atoms with Crippen LogP contribution >= 0.6 is 0 Å². The minimum absolute atomic E-state index is 0.0992. The molecule has 0 aliphatic heterocycles. The molecule has 0 radical (unpaired) electrons. The van der Waals surface area contributed by atoms with Gasteiger partial charge in [0.2, 0.25) is 0 Å². The Kier molecular flexibility index (Phi) is 3.47. The molecule has 1 aliphatic carbocycles. The lowest BCUT2D eigenvalue weighted by atomic mass is 10.1. The third kappa shape index (κ3) is 3.03. The summed E-state index contributed by atoms with van der Waals surface area (Å²) in [6.07, 6.45) is 5.20. The number of rotatable bonds is 6. The van der Waals surface area contributed by atoms with Crippen LogP contribution in [0.5, 0.6) is 0 Å². The Balaban J connectivity index is 1.64. The van der Waals surface area contributed by atoms with Gasteiger partial charge in [-0.1, -0.05) is 0 Å². The van der Waals surface area contributed by atoms with Crippen LogP contribution in [0.25, 0.3) is 11.3 Å². The fourth-order valence-corrected chi connectivity index (χ4v) is 2.08. The molecule has 1 aromatic heterocycles. The van der Waals surface area contributed by atoms with Crippen LogP contribution < -0.4 is 5.32 Å². The van der Waals surface area contributed by atoms with Crippen molar-refractivity contribution in [3.63, 3.8) is 0 Å². The molecule has 3 rings (SSSR count). The van der Waals surface area contributed by atoms with Crippen molar-refractivity contribution >= 4 is 5.69 Å². The summed E-state index contributed by atoms with van der Waals surface area (Å²) in [5.41, 5.74) is 1.90. The quantitative estimate of drug-likeness (QED) is 0.624. The van der Waals surface area contributed by atoms with Crippen molar-refractivity contribution in [2.24, 2.45) is 0 Å². The highest BCUT2D eigenvalue weighted by atomic mass is 16.6. The molecule has 1 fully saturated rings. The highest BCUT2D eigenvalue weighted by Gasteiger charge is 2.19. The average molecular weight is 272 g/mol. The van der Waals surface area contributed by atoms with Crippen LogP contribution in [0.15, 0.2) is 30.5 Å². The van der Waals surface area contributed by atoms with Gasteiger partial charge in [0.05, 0.1) is 16.8 Å². The van der Waals surface area contributed by atoms with Gasteiger partial charge in [0.25, 0.3) is 5.69 Å². The highest BCUT2D eigenvalue weighted by molar-refractivity contribution is 5.60. The van der Waals surface area contributed by atoms with Gasteiger partial charge in [-0.15, -0.1) is 0 Å². The molecule has 2 aromatic rings. The Morgan fingerprint density at radius 2 is 2.10 bits per heavy atom. The largest absolute Gasteiger partial charge is 0.342 e. The molecule has 104 valence electrons. The van der Waals surface area contributed by atoms with Crippen molar-refractivity contribution in [3.05, 3.63) is 46.4 Å². The molecular weight excluding hydrogens is 256 g/mol. The fourth-order valence-electron chi connectivity index (χ4n) is 2.08. The van der Waals surface area contributed by atoms with Crippen molar-refractivity contribution < 1.29 is 4.92 Å². The van der Waals surface area contributed by atoms with Gasteiger partial charge in [0.1, 0.15) is 5.82 Å². The Hall–Kier alpha value is -2.21. The van der Waals surface area contributed by atoms with E-state index in [0.717, 1.165) is 30.0 Å². The summed E-state index contributed by atoms with van der Waals surface area (Å²) in [4.78, 5) is 17.8. The second-order valence-electron chi connectivity index (χ2n) is 5.03. The van der Waals surface area contributed by atoms with E-state index in [4.69, 9.17) is 0 Å². The number of hydrogen-bond acceptors (Lipinski definition) is 4. The molecule has 6 nitrogen and oxygen atoms in total. The van der Waals surface area contributed by atoms with E-state index in [1.807, 2.05) is 0 Å². The fraction of sp³-hybridized carbons (Fsp3) is 0.357. The van der Waals surface area contributed by atoms with E-state index in [0.29, 0.717) is 6.04 Å². The van der Waals surface area contributed by atoms with Crippen molar-refractivity contribution in [2.45, 2.75) is 25.3 Å². The van der Waals surface area contributed by atoms with Crippen LogP contribution in [0.1, 0.15) is 18.7 Å². The predicted octanol–water partition coefficient (Wildman–Crippen LogP) is 2.28. The lowest BCUT2D eigenvalue weighted by Gasteiger charge is -2.00. The molecule has 20 heavy (non-hydrogen) atoms. The van der Waals surface area contributed by atoms with Gasteiger partial charge < -0.3 is 10.3 Å². The second kappa shape index (κ2) is 5.42. The summed E-state index contributed by atoms with van der Waals surface area (Å²) in [5.74, 6) is 0.937. The molecule has 1 heterocycles. The number of benzene rings is 1. The molecule has 0 bridgehead atoms. The van der Waals surface area contributed by atoms with Crippen molar-refractivity contribution in [1.82, 2.24) is 15.3 Å². The third-order valence-corrected chi connectivity index (χ3v) is 3.39. The minimum atomic E-state index is -0.397. The van der Waals surface area contributed by atoms with Crippen LogP contribution in [0.3, 0.4) is 0 Å². The van der Waals surface area contributed by atoms with Gasteiger partial charge in [0, 0.05) is 36.7 Å². The van der Waals surface area contributed by atoms with Crippen LogP contribution in [-0.4, -0.2) is 27.5 Å². The zero-order valence-electron chi connectivity index (χ0n) is 11.0. The smallest absolute Gasteiger partial charge is 0.269 e. The molecule has 2 N–H and O–H groups in total. The van der Waals surface area contributed by atoms with Gasteiger partial charge in [-0.25, -0.2) is 4.98 Å². The number of non-ortho nitro benzene ring substituents is 1. The summed E-state index contributed by atoms with van der Waals surface area (Å²) >= 11 is 0. The number of hydrogen-bond donors (Lipinski definition) is 2. The number of aromatic amines is 1. The molecule has 0 unspecified atom stereocenters. The van der Waals surface area contributed by atoms with E-state index < -0.39 is 4.92 Å². The normalized spacial score (nSPS) is 14.4.